The molecule has 0 atom stereocenters. The Kier molecular flexibility index (Phi) is 5.80. The molecule has 0 saturated heterocycles. The molecule has 1 N–H and O–H groups in total. The molecule has 0 saturated carbocycles. The van der Waals surface area contributed by atoms with Crippen LogP contribution in [0.25, 0.3) is 22.8 Å². The fourth-order valence-electron chi connectivity index (χ4n) is 2.67. The van der Waals surface area contributed by atoms with E-state index in [4.69, 9.17) is 9.26 Å². The summed E-state index contributed by atoms with van der Waals surface area (Å²) in [6.45, 7) is 3.81. The van der Waals surface area contributed by atoms with E-state index in [1.165, 1.54) is 11.3 Å². The van der Waals surface area contributed by atoms with Crippen LogP contribution in [0.15, 0.2) is 53.1 Å². The van der Waals surface area contributed by atoms with Crippen molar-refractivity contribution in [3.8, 4) is 28.6 Å². The van der Waals surface area contributed by atoms with Gasteiger partial charge >= 0.3 is 0 Å². The van der Waals surface area contributed by atoms with Gasteiger partial charge in [0.1, 0.15) is 10.8 Å². The molecule has 9 heteroatoms. The number of ether oxygens (including phenoxy) is 1. The summed E-state index contributed by atoms with van der Waals surface area (Å²) in [5, 5.41) is 16.0. The summed E-state index contributed by atoms with van der Waals surface area (Å²) >= 11 is 1.34. The van der Waals surface area contributed by atoms with E-state index in [9.17, 15) is 4.79 Å². The monoisotopic (exact) mass is 421 g/mol. The molecule has 8 nitrogen and oxygen atoms in total. The molecular formula is C21H19N5O3S. The smallest absolute Gasteiger partial charge is 0.264 e. The standard InChI is InChI=1S/C21H19N5O3S/c1-3-18-24-25-21(30-18)22-17(27)12-28-16-7-5-4-6-15(16)20-23-19(26-29-20)14-10-8-13(2)9-11-14/h4-11H,3,12H2,1-2H3,(H,22,25,27). The Hall–Kier alpha value is -3.59. The van der Waals surface area contributed by atoms with Gasteiger partial charge in [-0.05, 0) is 25.5 Å². The molecule has 0 aliphatic rings. The van der Waals surface area contributed by atoms with E-state index < -0.39 is 0 Å². The molecular weight excluding hydrogens is 402 g/mol. The molecule has 30 heavy (non-hydrogen) atoms. The quantitative estimate of drug-likeness (QED) is 0.478. The van der Waals surface area contributed by atoms with E-state index in [1.54, 1.807) is 12.1 Å². The summed E-state index contributed by atoms with van der Waals surface area (Å²) in [5.74, 6) is 0.951. The number of aromatic nitrogens is 4. The van der Waals surface area contributed by atoms with Gasteiger partial charge in [0.05, 0.1) is 5.56 Å². The van der Waals surface area contributed by atoms with Crippen molar-refractivity contribution in [1.82, 2.24) is 20.3 Å². The molecule has 2 aromatic carbocycles. The molecule has 2 heterocycles. The minimum atomic E-state index is -0.325. The molecule has 4 rings (SSSR count). The summed E-state index contributed by atoms with van der Waals surface area (Å²) < 4.78 is 11.1. The average molecular weight is 421 g/mol. The second kappa shape index (κ2) is 8.83. The van der Waals surface area contributed by atoms with E-state index in [1.807, 2.05) is 50.2 Å². The number of para-hydroxylation sites is 1. The van der Waals surface area contributed by atoms with Crippen molar-refractivity contribution >= 4 is 22.4 Å². The number of carbonyl (C=O) groups excluding carboxylic acids is 1. The van der Waals surface area contributed by atoms with Gasteiger partial charge in [-0.25, -0.2) is 0 Å². The number of nitrogens with zero attached hydrogens (tertiary/aromatic N) is 4. The van der Waals surface area contributed by atoms with Crippen LogP contribution in [0.2, 0.25) is 0 Å². The normalized spacial score (nSPS) is 10.7. The SMILES string of the molecule is CCc1nnc(NC(=O)COc2ccccc2-c2nc(-c3ccc(C)cc3)no2)s1. The highest BCUT2D eigenvalue weighted by atomic mass is 32.1. The molecule has 0 fully saturated rings. The van der Waals surface area contributed by atoms with Crippen molar-refractivity contribution < 1.29 is 14.1 Å². The molecule has 0 radical (unpaired) electrons. The largest absolute Gasteiger partial charge is 0.483 e. The van der Waals surface area contributed by atoms with Gasteiger partial charge in [0.25, 0.3) is 11.8 Å². The second-order valence-corrected chi connectivity index (χ2v) is 7.54. The van der Waals surface area contributed by atoms with Crippen molar-refractivity contribution in [2.24, 2.45) is 0 Å². The van der Waals surface area contributed by atoms with E-state index in [0.717, 1.165) is 22.6 Å². The maximum absolute atomic E-state index is 12.2. The second-order valence-electron chi connectivity index (χ2n) is 6.48. The maximum Gasteiger partial charge on any atom is 0.264 e. The highest BCUT2D eigenvalue weighted by molar-refractivity contribution is 7.15. The Balaban J connectivity index is 1.46. The van der Waals surface area contributed by atoms with E-state index in [-0.39, 0.29) is 12.5 Å². The van der Waals surface area contributed by atoms with Gasteiger partial charge in [-0.2, -0.15) is 4.98 Å². The lowest BCUT2D eigenvalue weighted by atomic mass is 10.1. The van der Waals surface area contributed by atoms with Crippen LogP contribution in [0.4, 0.5) is 5.13 Å². The molecule has 1 amide bonds. The molecule has 0 aliphatic carbocycles. The number of nitrogens with one attached hydrogen (secondary N) is 1. The number of rotatable bonds is 7. The lowest BCUT2D eigenvalue weighted by Crippen LogP contribution is -2.20. The Morgan fingerprint density at radius 2 is 1.93 bits per heavy atom. The maximum atomic E-state index is 12.2. The predicted molar refractivity (Wildman–Crippen MR) is 113 cm³/mol. The number of carbonyl (C=O) groups is 1. The van der Waals surface area contributed by atoms with Gasteiger partial charge in [-0.3, -0.25) is 10.1 Å². The van der Waals surface area contributed by atoms with E-state index in [0.29, 0.717) is 28.2 Å². The average Bonchev–Trinajstić information content (AvgIpc) is 3.43. The van der Waals surface area contributed by atoms with Crippen molar-refractivity contribution in [3.63, 3.8) is 0 Å². The van der Waals surface area contributed by atoms with Crippen molar-refractivity contribution in [2.45, 2.75) is 20.3 Å². The van der Waals surface area contributed by atoms with Gasteiger partial charge in [0.15, 0.2) is 6.61 Å². The molecule has 4 aromatic rings. The molecule has 0 unspecified atom stereocenters. The Morgan fingerprint density at radius 3 is 2.70 bits per heavy atom. The number of hydrogen-bond donors (Lipinski definition) is 1. The van der Waals surface area contributed by atoms with Crippen LogP contribution in [0, 0.1) is 6.92 Å². The zero-order valence-corrected chi connectivity index (χ0v) is 17.3. The summed E-state index contributed by atoms with van der Waals surface area (Å²) in [6, 6.07) is 15.1. The van der Waals surface area contributed by atoms with E-state index >= 15 is 0 Å². The number of aryl methyl sites for hydroxylation is 2. The van der Waals surface area contributed by atoms with Crippen LogP contribution in [0.3, 0.4) is 0 Å². The van der Waals surface area contributed by atoms with Crippen LogP contribution in [0.5, 0.6) is 5.75 Å². The fraction of sp³-hybridized carbons (Fsp3) is 0.190. The predicted octanol–water partition coefficient (Wildman–Crippen LogP) is 4.14. The first kappa shape index (κ1) is 19.7. The topological polar surface area (TPSA) is 103 Å². The molecule has 2 aromatic heterocycles. The number of hydrogen-bond acceptors (Lipinski definition) is 8. The Bertz CT molecular complexity index is 1150. The summed E-state index contributed by atoms with van der Waals surface area (Å²) in [6.07, 6.45) is 0.770. The molecule has 0 aliphatic heterocycles. The van der Waals surface area contributed by atoms with Gasteiger partial charge in [0, 0.05) is 5.56 Å². The summed E-state index contributed by atoms with van der Waals surface area (Å²) in [5.41, 5.74) is 2.62. The van der Waals surface area contributed by atoms with Crippen molar-refractivity contribution in [1.29, 1.82) is 0 Å². The third kappa shape index (κ3) is 4.52. The van der Waals surface area contributed by atoms with Crippen molar-refractivity contribution in [2.75, 3.05) is 11.9 Å². The zero-order valence-electron chi connectivity index (χ0n) is 16.5. The van der Waals surface area contributed by atoms with Gasteiger partial charge in [0.2, 0.25) is 11.0 Å². The van der Waals surface area contributed by atoms with Crippen LogP contribution in [-0.2, 0) is 11.2 Å². The first-order valence-electron chi connectivity index (χ1n) is 9.37. The molecule has 152 valence electrons. The van der Waals surface area contributed by atoms with Gasteiger partial charge < -0.3 is 9.26 Å². The third-order valence-electron chi connectivity index (χ3n) is 4.23. The first-order chi connectivity index (χ1) is 14.6. The fourth-order valence-corrected chi connectivity index (χ4v) is 3.36. The lowest BCUT2D eigenvalue weighted by molar-refractivity contribution is -0.118. The lowest BCUT2D eigenvalue weighted by Gasteiger charge is -2.08. The molecule has 0 spiro atoms. The first-order valence-corrected chi connectivity index (χ1v) is 10.2. The van der Waals surface area contributed by atoms with Crippen LogP contribution in [-0.4, -0.2) is 32.9 Å². The highest BCUT2D eigenvalue weighted by Crippen LogP contribution is 2.30. The van der Waals surface area contributed by atoms with Crippen LogP contribution >= 0.6 is 11.3 Å². The minimum Gasteiger partial charge on any atom is -0.483 e. The van der Waals surface area contributed by atoms with E-state index in [2.05, 4.69) is 25.7 Å². The van der Waals surface area contributed by atoms with Crippen LogP contribution in [0.1, 0.15) is 17.5 Å². The van der Waals surface area contributed by atoms with Crippen molar-refractivity contribution in [3.05, 3.63) is 59.1 Å². The Labute approximate surface area is 176 Å². The van der Waals surface area contributed by atoms with Gasteiger partial charge in [-0.15, -0.1) is 10.2 Å². The number of anilines is 1. The summed E-state index contributed by atoms with van der Waals surface area (Å²) in [7, 11) is 0. The Morgan fingerprint density at radius 1 is 1.13 bits per heavy atom. The zero-order chi connectivity index (χ0) is 20.9. The minimum absolute atomic E-state index is 0.184. The number of benzene rings is 2. The number of amides is 1. The van der Waals surface area contributed by atoms with Crippen LogP contribution < -0.4 is 10.1 Å². The highest BCUT2D eigenvalue weighted by Gasteiger charge is 2.16. The molecule has 0 bridgehead atoms. The summed E-state index contributed by atoms with van der Waals surface area (Å²) in [4.78, 5) is 16.7. The van der Waals surface area contributed by atoms with Gasteiger partial charge in [-0.1, -0.05) is 65.4 Å². The third-order valence-corrected chi connectivity index (χ3v) is 5.21.